The molecule has 292 valence electrons. The minimum atomic E-state index is -1.24. The van der Waals surface area contributed by atoms with Gasteiger partial charge in [-0.15, -0.1) is 6.42 Å². The van der Waals surface area contributed by atoms with Gasteiger partial charge in [-0.2, -0.15) is 9.97 Å². The molecule has 3 unspecified atom stereocenters. The number of β-amino-alcohol motifs (C(OH)–C–C–N with tert-alkyl or cyclic N) is 1. The van der Waals surface area contributed by atoms with Gasteiger partial charge < -0.3 is 34.1 Å². The Morgan fingerprint density at radius 3 is 2.58 bits per heavy atom. The number of aromatic hydroxyl groups is 1. The summed E-state index contributed by atoms with van der Waals surface area (Å²) >= 11 is 0. The Balaban J connectivity index is 1.24. The molecule has 0 amide bonds. The van der Waals surface area contributed by atoms with Gasteiger partial charge in [0.1, 0.15) is 39.6 Å². The Morgan fingerprint density at radius 1 is 1.02 bits per heavy atom. The number of anilines is 1. The predicted molar refractivity (Wildman–Crippen MR) is 205 cm³/mol. The number of nitrogens with zero attached hydrogens (tertiary/aromatic N) is 5. The molecule has 8 rings (SSSR count). The lowest BCUT2D eigenvalue weighted by Gasteiger charge is -2.50. The van der Waals surface area contributed by atoms with Gasteiger partial charge in [0.15, 0.2) is 5.82 Å². The fourth-order valence-electron chi connectivity index (χ4n) is 9.86. The van der Waals surface area contributed by atoms with E-state index in [4.69, 9.17) is 35.3 Å². The average Bonchev–Trinajstić information content (AvgIpc) is 3.54. The second-order valence-electron chi connectivity index (χ2n) is 16.0. The zero-order chi connectivity index (χ0) is 38.5. The van der Waals surface area contributed by atoms with Crippen LogP contribution in [0.5, 0.6) is 17.6 Å². The Morgan fingerprint density at radius 2 is 1.82 bits per heavy atom. The van der Waals surface area contributed by atoms with Crippen LogP contribution < -0.4 is 14.4 Å². The van der Waals surface area contributed by atoms with Crippen LogP contribution in [-0.2, 0) is 9.47 Å². The van der Waals surface area contributed by atoms with Gasteiger partial charge in [-0.3, -0.25) is 4.90 Å². The number of likely N-dealkylation sites (tertiary alicyclic amines) is 1. The highest BCUT2D eigenvalue weighted by molar-refractivity contribution is 6.04. The van der Waals surface area contributed by atoms with Gasteiger partial charge in [-0.05, 0) is 88.4 Å². The monoisotopic (exact) mass is 757 g/mol. The summed E-state index contributed by atoms with van der Waals surface area (Å²) in [6, 6.07) is 6.27. The molecular weight excluding hydrogens is 708 g/mol. The van der Waals surface area contributed by atoms with E-state index in [-0.39, 0.29) is 81.7 Å². The summed E-state index contributed by atoms with van der Waals surface area (Å²) in [5.74, 6) is 0.951. The number of hydrogen-bond acceptors (Lipinski definition) is 11. The maximum absolute atomic E-state index is 17.3. The molecule has 4 fully saturated rings. The average molecular weight is 758 g/mol. The number of terminal acetylenes is 1. The highest BCUT2D eigenvalue weighted by Gasteiger charge is 2.50. The lowest BCUT2D eigenvalue weighted by molar-refractivity contribution is -0.0429. The number of methoxy groups -OCH3 is 2. The van der Waals surface area contributed by atoms with Crippen LogP contribution in [0.1, 0.15) is 70.3 Å². The second-order valence-corrected chi connectivity index (χ2v) is 16.0. The van der Waals surface area contributed by atoms with Crippen molar-refractivity contribution in [3.8, 4) is 41.2 Å². The van der Waals surface area contributed by atoms with Crippen molar-refractivity contribution in [2.24, 2.45) is 5.41 Å². The second kappa shape index (κ2) is 15.0. The van der Waals surface area contributed by atoms with Gasteiger partial charge in [0, 0.05) is 42.1 Å². The maximum Gasteiger partial charge on any atom is 0.319 e. The molecule has 2 N–H and O–H groups in total. The number of phenolic OH excluding ortho intramolecular Hbond substituents is 1. The summed E-state index contributed by atoms with van der Waals surface area (Å²) in [5, 5.41) is 22.7. The lowest BCUT2D eigenvalue weighted by Crippen LogP contribution is -2.56. The number of hydrogen-bond donors (Lipinski definition) is 2. The number of phenols is 1. The number of pyridine rings is 1. The van der Waals surface area contributed by atoms with E-state index in [9.17, 15) is 10.2 Å². The molecule has 13 heteroatoms. The van der Waals surface area contributed by atoms with E-state index < -0.39 is 17.2 Å². The largest absolute Gasteiger partial charge is 0.508 e. The molecule has 3 atom stereocenters. The molecule has 4 heterocycles. The van der Waals surface area contributed by atoms with Gasteiger partial charge in [-0.1, -0.05) is 18.4 Å². The van der Waals surface area contributed by atoms with Crippen molar-refractivity contribution in [1.29, 1.82) is 0 Å². The number of aliphatic hydroxyl groups is 1. The standard InChI is InChI=1S/C42H49F2N5O6/c1-5-29-31(43)14-9-25-20-27(50)21-30(33(25)29)36-35(44)37-34(39(45-36)53-4)38(48-18-19-54-23-41(2,51)22-48)47-40(46-37)55-24-42-15-6-8-32(42)49(17-7-16-42)26-10-12-28(52-3)13-11-26/h1,9,14,20-21,26,28,32,50-51H,6-8,10-13,15-19,22-24H2,2-4H3. The highest BCUT2D eigenvalue weighted by atomic mass is 19.1. The first-order valence-corrected chi connectivity index (χ1v) is 19.4. The lowest BCUT2D eigenvalue weighted by atomic mass is 9.74. The molecule has 2 aliphatic heterocycles. The molecule has 2 aliphatic carbocycles. The normalized spacial score (nSPS) is 27.5. The van der Waals surface area contributed by atoms with Crippen molar-refractivity contribution in [2.45, 2.75) is 88.5 Å². The third-order valence-electron chi connectivity index (χ3n) is 12.4. The summed E-state index contributed by atoms with van der Waals surface area (Å²) in [7, 11) is 3.21. The van der Waals surface area contributed by atoms with Gasteiger partial charge >= 0.3 is 6.01 Å². The van der Waals surface area contributed by atoms with E-state index in [1.54, 1.807) is 14.0 Å². The first-order chi connectivity index (χ1) is 26.5. The topological polar surface area (TPSA) is 123 Å². The van der Waals surface area contributed by atoms with Crippen molar-refractivity contribution in [2.75, 3.05) is 58.6 Å². The van der Waals surface area contributed by atoms with E-state index in [0.29, 0.717) is 36.7 Å². The molecule has 0 bridgehead atoms. The Kier molecular flexibility index (Phi) is 10.2. The van der Waals surface area contributed by atoms with Crippen molar-refractivity contribution < 1.29 is 37.9 Å². The van der Waals surface area contributed by atoms with Crippen LogP contribution in [0.3, 0.4) is 0 Å². The van der Waals surface area contributed by atoms with E-state index in [1.165, 1.54) is 31.4 Å². The van der Waals surface area contributed by atoms with E-state index in [2.05, 4.69) is 15.8 Å². The zero-order valence-electron chi connectivity index (χ0n) is 31.7. The van der Waals surface area contributed by atoms with Crippen molar-refractivity contribution in [3.63, 3.8) is 0 Å². The quantitative estimate of drug-likeness (QED) is 0.195. The molecular formula is C42H49F2N5O6. The van der Waals surface area contributed by atoms with E-state index in [0.717, 1.165) is 64.3 Å². The van der Waals surface area contributed by atoms with Gasteiger partial charge in [0.2, 0.25) is 5.88 Å². The first kappa shape index (κ1) is 37.6. The summed E-state index contributed by atoms with van der Waals surface area (Å²) in [6.07, 6.45) is 15.8. The molecule has 0 radical (unpaired) electrons. The number of aromatic nitrogens is 3. The van der Waals surface area contributed by atoms with E-state index >= 15 is 8.78 Å². The Bertz CT molecular complexity index is 2140. The number of piperidine rings is 1. The van der Waals surface area contributed by atoms with Crippen LogP contribution in [0, 0.1) is 29.4 Å². The summed E-state index contributed by atoms with van der Waals surface area (Å²) in [6.45, 7) is 3.96. The number of fused-ring (bicyclic) bond motifs is 3. The molecule has 55 heavy (non-hydrogen) atoms. The highest BCUT2D eigenvalue weighted by Crippen LogP contribution is 2.50. The molecule has 4 aromatic rings. The molecule has 0 spiro atoms. The molecule has 2 aromatic carbocycles. The fourth-order valence-corrected chi connectivity index (χ4v) is 9.86. The van der Waals surface area contributed by atoms with Crippen LogP contribution >= 0.6 is 0 Å². The molecule has 2 saturated heterocycles. The minimum Gasteiger partial charge on any atom is -0.508 e. The number of rotatable bonds is 8. The minimum absolute atomic E-state index is 0.00604. The van der Waals surface area contributed by atoms with Crippen LogP contribution in [0.15, 0.2) is 24.3 Å². The summed E-state index contributed by atoms with van der Waals surface area (Å²) in [5.41, 5.74) is -1.75. The zero-order valence-corrected chi connectivity index (χ0v) is 31.7. The Labute approximate surface area is 320 Å². The molecule has 2 aromatic heterocycles. The summed E-state index contributed by atoms with van der Waals surface area (Å²) in [4.78, 5) is 18.8. The van der Waals surface area contributed by atoms with Crippen LogP contribution in [0.2, 0.25) is 0 Å². The predicted octanol–water partition coefficient (Wildman–Crippen LogP) is 6.38. The maximum atomic E-state index is 17.3. The Hall–Kier alpha value is -4.35. The fraction of sp³-hybridized carbons (Fsp3) is 0.548. The van der Waals surface area contributed by atoms with E-state index in [1.807, 2.05) is 4.90 Å². The van der Waals surface area contributed by atoms with Crippen molar-refractivity contribution in [1.82, 2.24) is 19.9 Å². The first-order valence-electron chi connectivity index (χ1n) is 19.4. The van der Waals surface area contributed by atoms with Gasteiger partial charge in [0.05, 0.1) is 45.1 Å². The summed E-state index contributed by atoms with van der Waals surface area (Å²) < 4.78 is 56.3. The van der Waals surface area contributed by atoms with Crippen molar-refractivity contribution >= 4 is 27.5 Å². The smallest absolute Gasteiger partial charge is 0.319 e. The number of ether oxygens (including phenoxy) is 4. The van der Waals surface area contributed by atoms with Crippen LogP contribution in [-0.4, -0.2) is 108 Å². The van der Waals surface area contributed by atoms with Gasteiger partial charge in [-0.25, -0.2) is 13.8 Å². The van der Waals surface area contributed by atoms with Gasteiger partial charge in [0.25, 0.3) is 0 Å². The van der Waals surface area contributed by atoms with Crippen LogP contribution in [0.4, 0.5) is 14.6 Å². The SMILES string of the molecule is C#Cc1c(F)ccc2cc(O)cc(-c3nc(OC)c4c(N5CCOCC(C)(O)C5)nc(OCC56CCCC5N(C5CCC(OC)CC5)CCC6)nc4c3F)c12. The molecule has 2 saturated carbocycles. The molecule has 11 nitrogen and oxygen atoms in total. The van der Waals surface area contributed by atoms with Crippen molar-refractivity contribution in [3.05, 3.63) is 41.5 Å². The number of benzene rings is 2. The van der Waals surface area contributed by atoms with Crippen LogP contribution in [0.25, 0.3) is 32.9 Å². The third kappa shape index (κ3) is 6.92. The third-order valence-corrected chi connectivity index (χ3v) is 12.4. The molecule has 4 aliphatic rings. The number of halogens is 2.